The fourth-order valence-corrected chi connectivity index (χ4v) is 2.91. The average Bonchev–Trinajstić information content (AvgIpc) is 2.57. The zero-order valence-electron chi connectivity index (χ0n) is 8.58. The largest absolute Gasteiger partial charge is 0.292 e. The van der Waals surface area contributed by atoms with Gasteiger partial charge in [0.25, 0.3) is 0 Å². The van der Waals surface area contributed by atoms with E-state index in [0.717, 1.165) is 15.6 Å². The lowest BCUT2D eigenvalue weighted by atomic mass is 10.1. The van der Waals surface area contributed by atoms with Crippen LogP contribution in [0.5, 0.6) is 0 Å². The number of carbonyl (C=O) groups excluding carboxylic acids is 1. The molecule has 0 aliphatic rings. The van der Waals surface area contributed by atoms with Crippen LogP contribution in [0.2, 0.25) is 5.02 Å². The number of benzene rings is 1. The van der Waals surface area contributed by atoms with Crippen LogP contribution in [0.25, 0.3) is 10.1 Å². The molecule has 1 aromatic carbocycles. The lowest BCUT2D eigenvalue weighted by molar-refractivity contribution is 0.100. The van der Waals surface area contributed by atoms with Crippen molar-refractivity contribution in [3.63, 3.8) is 0 Å². The van der Waals surface area contributed by atoms with Gasteiger partial charge in [-0.15, -0.1) is 11.3 Å². The second kappa shape index (κ2) is 4.25. The monoisotopic (exact) mass is 249 g/mol. The first kappa shape index (κ1) is 11.1. The van der Waals surface area contributed by atoms with Gasteiger partial charge in [0.15, 0.2) is 5.78 Å². The number of ketones is 1. The van der Waals surface area contributed by atoms with E-state index < -0.39 is 0 Å². The number of fused-ring (bicyclic) bond motifs is 1. The van der Waals surface area contributed by atoms with Gasteiger partial charge in [0, 0.05) is 9.72 Å². The molecule has 2 rings (SSSR count). The Hall–Kier alpha value is -1.37. The van der Waals surface area contributed by atoms with E-state index in [0.29, 0.717) is 9.90 Å². The summed E-state index contributed by atoms with van der Waals surface area (Å²) in [4.78, 5) is 12.3. The molecule has 0 bridgehead atoms. The Balaban J connectivity index is 2.61. The number of Topliss-reactive ketones (excluding diaryl/α,β-unsaturated/α-hetero) is 1. The normalized spacial score (nSPS) is 10.3. The smallest absolute Gasteiger partial charge is 0.187 e. The average molecular weight is 250 g/mol. The minimum absolute atomic E-state index is 0.0681. The molecule has 80 valence electrons. The van der Waals surface area contributed by atoms with Crippen molar-refractivity contribution in [2.75, 3.05) is 0 Å². The van der Waals surface area contributed by atoms with Gasteiger partial charge in [0.05, 0.1) is 17.4 Å². The summed E-state index contributed by atoms with van der Waals surface area (Å²) in [6.45, 7) is 1.89. The minimum Gasteiger partial charge on any atom is -0.292 e. The van der Waals surface area contributed by atoms with Crippen molar-refractivity contribution in [2.45, 2.75) is 13.3 Å². The van der Waals surface area contributed by atoms with Crippen molar-refractivity contribution < 1.29 is 4.79 Å². The summed E-state index contributed by atoms with van der Waals surface area (Å²) in [6, 6.07) is 7.44. The number of carbonyl (C=O) groups is 1. The third-order valence-electron chi connectivity index (χ3n) is 2.39. The van der Waals surface area contributed by atoms with Crippen molar-refractivity contribution in [1.29, 1.82) is 5.26 Å². The minimum atomic E-state index is -0.114. The maximum Gasteiger partial charge on any atom is 0.187 e. The van der Waals surface area contributed by atoms with E-state index >= 15 is 0 Å². The molecule has 0 radical (unpaired) electrons. The molecule has 0 spiro atoms. The van der Waals surface area contributed by atoms with Crippen molar-refractivity contribution in [3.05, 3.63) is 33.7 Å². The first-order valence-corrected chi connectivity index (χ1v) is 5.91. The zero-order valence-corrected chi connectivity index (χ0v) is 10.2. The lowest BCUT2D eigenvalue weighted by Gasteiger charge is -1.94. The van der Waals surface area contributed by atoms with Gasteiger partial charge in [-0.3, -0.25) is 4.79 Å². The van der Waals surface area contributed by atoms with Crippen LogP contribution in [-0.2, 0) is 0 Å². The molecule has 16 heavy (non-hydrogen) atoms. The first-order chi connectivity index (χ1) is 7.63. The molecule has 4 heteroatoms. The van der Waals surface area contributed by atoms with Gasteiger partial charge in [0.2, 0.25) is 0 Å². The van der Waals surface area contributed by atoms with Crippen LogP contribution >= 0.6 is 22.9 Å². The molecule has 0 amide bonds. The molecule has 0 aliphatic carbocycles. The highest BCUT2D eigenvalue weighted by Gasteiger charge is 2.14. The molecule has 1 aromatic heterocycles. The highest BCUT2D eigenvalue weighted by molar-refractivity contribution is 7.21. The highest BCUT2D eigenvalue weighted by atomic mass is 35.5. The van der Waals surface area contributed by atoms with Crippen LogP contribution in [0.4, 0.5) is 0 Å². The first-order valence-electron chi connectivity index (χ1n) is 4.72. The van der Waals surface area contributed by atoms with Gasteiger partial charge < -0.3 is 0 Å². The van der Waals surface area contributed by atoms with Crippen LogP contribution in [0.1, 0.15) is 21.7 Å². The molecule has 0 saturated heterocycles. The van der Waals surface area contributed by atoms with E-state index in [4.69, 9.17) is 16.9 Å². The predicted octanol–water partition coefficient (Wildman–Crippen LogP) is 3.96. The maximum absolute atomic E-state index is 11.7. The third-order valence-corrected chi connectivity index (χ3v) is 3.94. The molecule has 2 aromatic rings. The van der Waals surface area contributed by atoms with Crippen LogP contribution < -0.4 is 0 Å². The van der Waals surface area contributed by atoms with Gasteiger partial charge in [0.1, 0.15) is 0 Å². The summed E-state index contributed by atoms with van der Waals surface area (Å²) in [5.41, 5.74) is 0.919. The standard InChI is InChI=1S/C12H8ClNOS/c1-7-9-6-8(13)2-3-11(9)16-12(7)10(15)4-5-14/h2-3,6H,4H2,1H3. The SMILES string of the molecule is Cc1c(C(=O)CC#N)sc2ccc(Cl)cc12. The number of hydrogen-bond donors (Lipinski definition) is 0. The van der Waals surface area contributed by atoms with E-state index in [1.54, 1.807) is 6.07 Å². The van der Waals surface area contributed by atoms with E-state index in [-0.39, 0.29) is 12.2 Å². The van der Waals surface area contributed by atoms with E-state index in [2.05, 4.69) is 0 Å². The Morgan fingerprint density at radius 3 is 3.00 bits per heavy atom. The lowest BCUT2D eigenvalue weighted by Crippen LogP contribution is -1.95. The fraction of sp³-hybridized carbons (Fsp3) is 0.167. The van der Waals surface area contributed by atoms with Gasteiger partial charge in [-0.1, -0.05) is 11.6 Å². The third kappa shape index (κ3) is 1.82. The Morgan fingerprint density at radius 2 is 2.31 bits per heavy atom. The van der Waals surface area contributed by atoms with E-state index in [9.17, 15) is 4.79 Å². The fourth-order valence-electron chi connectivity index (χ4n) is 1.61. The number of nitriles is 1. The summed E-state index contributed by atoms with van der Waals surface area (Å²) in [6.07, 6.45) is -0.0681. The highest BCUT2D eigenvalue weighted by Crippen LogP contribution is 2.33. The molecule has 0 fully saturated rings. The summed E-state index contributed by atoms with van der Waals surface area (Å²) >= 11 is 7.33. The molecule has 0 saturated carbocycles. The van der Waals surface area contributed by atoms with Gasteiger partial charge >= 0.3 is 0 Å². The van der Waals surface area contributed by atoms with E-state index in [1.807, 2.05) is 25.1 Å². The van der Waals surface area contributed by atoms with Gasteiger partial charge in [-0.25, -0.2) is 0 Å². The molecule has 1 heterocycles. The molecular weight excluding hydrogens is 242 g/mol. The van der Waals surface area contributed by atoms with Gasteiger partial charge in [-0.2, -0.15) is 5.26 Å². The number of halogens is 1. The number of hydrogen-bond acceptors (Lipinski definition) is 3. The topological polar surface area (TPSA) is 40.9 Å². The Bertz CT molecular complexity index is 609. The van der Waals surface area contributed by atoms with Crippen molar-refractivity contribution >= 4 is 38.8 Å². The molecule has 2 nitrogen and oxygen atoms in total. The number of rotatable bonds is 2. The Labute approximate surface area is 102 Å². The van der Waals surface area contributed by atoms with Crippen molar-refractivity contribution in [2.24, 2.45) is 0 Å². The number of nitrogens with zero attached hydrogens (tertiary/aromatic N) is 1. The molecule has 0 N–H and O–H groups in total. The van der Waals surface area contributed by atoms with Crippen LogP contribution in [0.15, 0.2) is 18.2 Å². The molecule has 0 aliphatic heterocycles. The molecule has 0 atom stereocenters. The zero-order chi connectivity index (χ0) is 11.7. The van der Waals surface area contributed by atoms with Crippen molar-refractivity contribution in [3.8, 4) is 6.07 Å². The van der Waals surface area contributed by atoms with Crippen LogP contribution in [0.3, 0.4) is 0 Å². The summed E-state index contributed by atoms with van der Waals surface area (Å²) in [5.74, 6) is -0.114. The number of aryl methyl sites for hydroxylation is 1. The summed E-state index contributed by atoms with van der Waals surface area (Å²) in [7, 11) is 0. The molecule has 0 unspecified atom stereocenters. The Morgan fingerprint density at radius 1 is 1.56 bits per heavy atom. The maximum atomic E-state index is 11.7. The van der Waals surface area contributed by atoms with Crippen LogP contribution in [-0.4, -0.2) is 5.78 Å². The quantitative estimate of drug-likeness (QED) is 0.756. The second-order valence-corrected chi connectivity index (χ2v) is 4.94. The predicted molar refractivity (Wildman–Crippen MR) is 66.1 cm³/mol. The second-order valence-electron chi connectivity index (χ2n) is 3.45. The van der Waals surface area contributed by atoms with Crippen molar-refractivity contribution in [1.82, 2.24) is 0 Å². The summed E-state index contributed by atoms with van der Waals surface area (Å²) in [5, 5.41) is 10.2. The number of thiophene rings is 1. The summed E-state index contributed by atoms with van der Waals surface area (Å²) < 4.78 is 1.03. The Kier molecular flexibility index (Phi) is 2.95. The van der Waals surface area contributed by atoms with Crippen LogP contribution in [0, 0.1) is 18.3 Å². The van der Waals surface area contributed by atoms with Gasteiger partial charge in [-0.05, 0) is 36.1 Å². The van der Waals surface area contributed by atoms with E-state index in [1.165, 1.54) is 11.3 Å². The molecular formula is C12H8ClNOS.